The predicted molar refractivity (Wildman–Crippen MR) is 167 cm³/mol. The van der Waals surface area contributed by atoms with E-state index in [4.69, 9.17) is 21.1 Å². The molecule has 5 aliphatic rings. The Kier molecular flexibility index (Phi) is 10.3. The van der Waals surface area contributed by atoms with Crippen LogP contribution in [0.4, 0.5) is 0 Å². The van der Waals surface area contributed by atoms with E-state index in [-0.39, 0.29) is 5.41 Å². The summed E-state index contributed by atoms with van der Waals surface area (Å²) in [4.78, 5) is 0. The third-order valence-corrected chi connectivity index (χ3v) is 14.7. The van der Waals surface area contributed by atoms with Crippen molar-refractivity contribution in [2.24, 2.45) is 52.3 Å². The maximum Gasteiger partial charge on any atom is 0.186 e. The van der Waals surface area contributed by atoms with Crippen LogP contribution < -0.4 is 0 Å². The highest BCUT2D eigenvalue weighted by Gasteiger charge is 2.67. The number of ether oxygens (including phenoxy) is 2. The van der Waals surface area contributed by atoms with Crippen molar-refractivity contribution in [3.63, 3.8) is 0 Å². The van der Waals surface area contributed by atoms with Crippen LogP contribution in [-0.4, -0.2) is 79.9 Å². The molecule has 1 saturated heterocycles. The molecule has 0 bridgehead atoms. The van der Waals surface area contributed by atoms with E-state index < -0.39 is 54.4 Å². The van der Waals surface area contributed by atoms with Gasteiger partial charge in [-0.05, 0) is 98.2 Å². The zero-order valence-corrected chi connectivity index (χ0v) is 28.3. The van der Waals surface area contributed by atoms with Gasteiger partial charge in [0.25, 0.3) is 0 Å². The first-order valence-corrected chi connectivity index (χ1v) is 18.0. The van der Waals surface area contributed by atoms with Crippen molar-refractivity contribution in [1.82, 2.24) is 0 Å². The van der Waals surface area contributed by atoms with E-state index in [0.29, 0.717) is 36.0 Å². The molecule has 0 amide bonds. The number of aliphatic hydroxyl groups is 5. The Bertz CT molecular complexity index is 949. The Hall–Kier alpha value is 0.01000. The highest BCUT2D eigenvalue weighted by atomic mass is 35.5. The highest BCUT2D eigenvalue weighted by molar-refractivity contribution is 6.21. The van der Waals surface area contributed by atoms with Gasteiger partial charge >= 0.3 is 0 Å². The van der Waals surface area contributed by atoms with Crippen LogP contribution in [0.2, 0.25) is 0 Å². The van der Waals surface area contributed by atoms with Gasteiger partial charge in [-0.3, -0.25) is 0 Å². The lowest BCUT2D eigenvalue weighted by molar-refractivity contribution is -0.322. The van der Waals surface area contributed by atoms with Gasteiger partial charge in [0.05, 0.1) is 23.7 Å². The number of halogens is 1. The van der Waals surface area contributed by atoms with E-state index >= 15 is 0 Å². The maximum atomic E-state index is 12.4. The van der Waals surface area contributed by atoms with Crippen molar-refractivity contribution in [3.8, 4) is 0 Å². The number of hydrogen-bond donors (Lipinski definition) is 5. The monoisotopic (exact) mass is 628 g/mol. The molecular formula is C35H61ClO7. The summed E-state index contributed by atoms with van der Waals surface area (Å²) in [6.07, 6.45) is 4.49. The standard InChI is InChI=1S/C35H61ClO7/c1-7-21(19(2)3)9-8-20(4)24-10-11-25-23-16-28(36)35(41)17-22(12-15-34(35,6)26(23)13-14-33(24,25)5)42-32-31(40)30(39)29(38)27(18-37)43-32/h19-32,37-41H,7-18H2,1-6H3. The number of hydrogen-bond acceptors (Lipinski definition) is 7. The van der Waals surface area contributed by atoms with E-state index in [2.05, 4.69) is 41.5 Å². The Morgan fingerprint density at radius 3 is 2.30 bits per heavy atom. The normalized spacial score (nSPS) is 51.4. The van der Waals surface area contributed by atoms with Gasteiger partial charge in [0.2, 0.25) is 0 Å². The van der Waals surface area contributed by atoms with Crippen molar-refractivity contribution >= 4 is 11.6 Å². The lowest BCUT2D eigenvalue weighted by Crippen LogP contribution is -2.68. The molecule has 0 aromatic carbocycles. The molecule has 1 heterocycles. The fraction of sp³-hybridized carbons (Fsp3) is 1.00. The first-order chi connectivity index (χ1) is 20.2. The summed E-state index contributed by atoms with van der Waals surface area (Å²) in [6, 6.07) is 0. The van der Waals surface area contributed by atoms with E-state index in [1.54, 1.807) is 0 Å². The second-order valence-corrected chi connectivity index (χ2v) is 16.8. The van der Waals surface area contributed by atoms with Crippen molar-refractivity contribution < 1.29 is 35.0 Å². The molecule has 5 N–H and O–H groups in total. The quantitative estimate of drug-likeness (QED) is 0.175. The Morgan fingerprint density at radius 1 is 0.930 bits per heavy atom. The maximum absolute atomic E-state index is 12.4. The average molecular weight is 629 g/mol. The van der Waals surface area contributed by atoms with E-state index in [9.17, 15) is 25.5 Å². The van der Waals surface area contributed by atoms with Gasteiger partial charge in [0, 0.05) is 11.8 Å². The van der Waals surface area contributed by atoms with Crippen LogP contribution in [0.1, 0.15) is 112 Å². The molecule has 1 aliphatic heterocycles. The second-order valence-electron chi connectivity index (χ2n) is 16.3. The zero-order chi connectivity index (χ0) is 31.5. The first kappa shape index (κ1) is 34.3. The molecule has 0 radical (unpaired) electrons. The SMILES string of the molecule is CCC(CCC(C)C1CCC2C3CC(Cl)C4(O)CC(OC5OC(CO)C(O)C(O)C5O)CCC4(C)C3CCC12C)C(C)C. The largest absolute Gasteiger partial charge is 0.394 e. The molecule has 250 valence electrons. The summed E-state index contributed by atoms with van der Waals surface area (Å²) in [7, 11) is 0. The van der Waals surface area contributed by atoms with Gasteiger partial charge in [-0.1, -0.05) is 54.4 Å². The fourth-order valence-corrected chi connectivity index (χ4v) is 11.9. The van der Waals surface area contributed by atoms with Gasteiger partial charge in [-0.15, -0.1) is 11.6 Å². The summed E-state index contributed by atoms with van der Waals surface area (Å²) < 4.78 is 11.8. The molecule has 0 aromatic heterocycles. The Morgan fingerprint density at radius 2 is 1.65 bits per heavy atom. The van der Waals surface area contributed by atoms with Crippen molar-refractivity contribution in [1.29, 1.82) is 0 Å². The van der Waals surface area contributed by atoms with Gasteiger partial charge in [0.1, 0.15) is 24.4 Å². The Labute approximate surface area is 265 Å². The van der Waals surface area contributed by atoms with E-state index in [1.807, 2.05) is 0 Å². The second kappa shape index (κ2) is 12.9. The summed E-state index contributed by atoms with van der Waals surface area (Å²) in [5, 5.41) is 52.5. The lowest BCUT2D eigenvalue weighted by atomic mass is 9.43. The van der Waals surface area contributed by atoms with Crippen LogP contribution in [0.3, 0.4) is 0 Å². The predicted octanol–water partition coefficient (Wildman–Crippen LogP) is 5.26. The van der Waals surface area contributed by atoms with Crippen LogP contribution in [0.5, 0.6) is 0 Å². The molecule has 4 saturated carbocycles. The molecule has 5 fully saturated rings. The topological polar surface area (TPSA) is 120 Å². The van der Waals surface area contributed by atoms with Gasteiger partial charge < -0.3 is 35.0 Å². The minimum Gasteiger partial charge on any atom is -0.394 e. The van der Waals surface area contributed by atoms with Crippen LogP contribution in [0, 0.1) is 52.3 Å². The average Bonchev–Trinajstić information content (AvgIpc) is 3.32. The molecule has 16 unspecified atom stereocenters. The van der Waals surface area contributed by atoms with E-state index in [0.717, 1.165) is 42.9 Å². The number of aliphatic hydroxyl groups excluding tert-OH is 4. The summed E-state index contributed by atoms with van der Waals surface area (Å²) in [6.45, 7) is 13.9. The third kappa shape index (κ3) is 5.76. The molecule has 8 heteroatoms. The molecule has 16 atom stereocenters. The third-order valence-electron chi connectivity index (χ3n) is 14.2. The van der Waals surface area contributed by atoms with Gasteiger partial charge in [-0.25, -0.2) is 0 Å². The van der Waals surface area contributed by atoms with Crippen LogP contribution in [0.25, 0.3) is 0 Å². The molecule has 7 nitrogen and oxygen atoms in total. The van der Waals surface area contributed by atoms with Crippen molar-refractivity contribution in [3.05, 3.63) is 0 Å². The van der Waals surface area contributed by atoms with E-state index in [1.165, 1.54) is 38.5 Å². The first-order valence-electron chi connectivity index (χ1n) is 17.5. The summed E-state index contributed by atoms with van der Waals surface area (Å²) in [5.41, 5.74) is -1.10. The highest BCUT2D eigenvalue weighted by Crippen LogP contribution is 2.70. The lowest BCUT2D eigenvalue weighted by Gasteiger charge is -2.65. The van der Waals surface area contributed by atoms with Crippen LogP contribution in [0.15, 0.2) is 0 Å². The number of rotatable bonds is 9. The number of alkyl halides is 1. The minimum absolute atomic E-state index is 0.325. The van der Waals surface area contributed by atoms with Crippen LogP contribution in [-0.2, 0) is 9.47 Å². The zero-order valence-electron chi connectivity index (χ0n) is 27.5. The summed E-state index contributed by atoms with van der Waals surface area (Å²) >= 11 is 7.24. The molecule has 4 aliphatic carbocycles. The molecule has 0 spiro atoms. The Balaban J connectivity index is 1.27. The molecular weight excluding hydrogens is 568 g/mol. The molecule has 5 rings (SSSR count). The van der Waals surface area contributed by atoms with Crippen molar-refractivity contribution in [2.75, 3.05) is 6.61 Å². The fourth-order valence-electron chi connectivity index (χ4n) is 11.3. The molecule has 0 aromatic rings. The number of fused-ring (bicyclic) bond motifs is 5. The van der Waals surface area contributed by atoms with Gasteiger partial charge in [0.15, 0.2) is 6.29 Å². The molecule has 43 heavy (non-hydrogen) atoms. The minimum atomic E-state index is -1.48. The van der Waals surface area contributed by atoms with Crippen LogP contribution >= 0.6 is 11.6 Å². The smallest absolute Gasteiger partial charge is 0.186 e. The summed E-state index contributed by atoms with van der Waals surface area (Å²) in [5.74, 6) is 4.64. The van der Waals surface area contributed by atoms with Crippen molar-refractivity contribution in [2.45, 2.75) is 160 Å². The van der Waals surface area contributed by atoms with Gasteiger partial charge in [-0.2, -0.15) is 0 Å².